The lowest BCUT2D eigenvalue weighted by atomic mass is 9.85. The number of ether oxygens (including phenoxy) is 1. The van der Waals surface area contributed by atoms with Crippen LogP contribution in [0.5, 0.6) is 5.75 Å². The van der Waals surface area contributed by atoms with E-state index < -0.39 is 15.9 Å². The van der Waals surface area contributed by atoms with Crippen LogP contribution in [0.4, 0.5) is 10.5 Å². The standard InChI is InChI=1S/C26H32N4O4S/c1-34-22-12-8-11-21(19-22)30-25(31)28-24(27-20-9-4-2-5-10-20)26(30)15-17-29(18-16-26)35(32,33)23-13-6-3-7-14-23/h3,6-8,11-14,19-20H,2,4-5,9-10,15-18H2,1H3,(H-,27,28,31,32,33). The lowest BCUT2D eigenvalue weighted by molar-refractivity contribution is 0.240. The first kappa shape index (κ1) is 24.0. The Bertz CT molecular complexity index is 1140. The smallest absolute Gasteiger partial charge is 0.328 e. The molecule has 3 aliphatic rings. The van der Waals surface area contributed by atoms with Crippen molar-refractivity contribution >= 4 is 28.0 Å². The third-order valence-electron chi connectivity index (χ3n) is 7.43. The number of urea groups is 1. The number of carbonyl (C=O) groups excluding carboxylic acids is 1. The van der Waals surface area contributed by atoms with Crippen LogP contribution >= 0.6 is 0 Å². The molecule has 2 aromatic rings. The summed E-state index contributed by atoms with van der Waals surface area (Å²) < 4.78 is 33.5. The molecule has 1 unspecified atom stereocenters. The quantitative estimate of drug-likeness (QED) is 0.621. The van der Waals surface area contributed by atoms with E-state index >= 15 is 0 Å². The Labute approximate surface area is 207 Å². The maximum atomic E-state index is 13.4. The molecular formula is C26H32N4O4S. The molecule has 0 aromatic heterocycles. The minimum Gasteiger partial charge on any atom is -0.593 e. The molecule has 3 fully saturated rings. The summed E-state index contributed by atoms with van der Waals surface area (Å²) in [5, 5.41) is 3.06. The van der Waals surface area contributed by atoms with Gasteiger partial charge in [-0.3, -0.25) is 15.2 Å². The minimum atomic E-state index is -3.61. The predicted octanol–water partition coefficient (Wildman–Crippen LogP) is 4.39. The van der Waals surface area contributed by atoms with Crippen molar-refractivity contribution in [1.82, 2.24) is 9.62 Å². The van der Waals surface area contributed by atoms with Gasteiger partial charge in [0.05, 0.1) is 18.8 Å². The molecule has 35 heavy (non-hydrogen) atoms. The molecule has 9 heteroatoms. The summed E-state index contributed by atoms with van der Waals surface area (Å²) >= 11 is 0. The summed E-state index contributed by atoms with van der Waals surface area (Å²) in [5.41, 5.74) is -0.000999. The number of piperidine rings is 1. The number of benzene rings is 2. The molecule has 0 bridgehead atoms. The van der Waals surface area contributed by atoms with Gasteiger partial charge in [0.1, 0.15) is 17.1 Å². The Morgan fingerprint density at radius 3 is 2.46 bits per heavy atom. The monoisotopic (exact) mass is 496 g/mol. The number of methoxy groups -OCH3 is 1. The van der Waals surface area contributed by atoms with Crippen molar-refractivity contribution in [2.24, 2.45) is 4.99 Å². The van der Waals surface area contributed by atoms with Gasteiger partial charge in [-0.2, -0.15) is 0 Å². The molecule has 1 N–H and O–H groups in total. The highest BCUT2D eigenvalue weighted by atomic mass is 32.3. The van der Waals surface area contributed by atoms with Crippen LogP contribution in [0.2, 0.25) is 0 Å². The zero-order valence-corrected chi connectivity index (χ0v) is 20.8. The number of hydrogen-bond donors (Lipinski definition) is 1. The second-order valence-electron chi connectivity index (χ2n) is 9.49. The van der Waals surface area contributed by atoms with Gasteiger partial charge in [-0.1, -0.05) is 47.7 Å². The van der Waals surface area contributed by atoms with Crippen LogP contribution in [0.3, 0.4) is 0 Å². The van der Waals surface area contributed by atoms with Crippen LogP contribution in [0.25, 0.3) is 0 Å². The van der Waals surface area contributed by atoms with Crippen molar-refractivity contribution in [2.45, 2.75) is 61.4 Å². The Kier molecular flexibility index (Phi) is 6.65. The Balaban J connectivity index is 1.49. The molecule has 1 aliphatic carbocycles. The van der Waals surface area contributed by atoms with Crippen molar-refractivity contribution in [1.29, 1.82) is 0 Å². The summed E-state index contributed by atoms with van der Waals surface area (Å²) in [6.07, 6.45) is 6.46. The summed E-state index contributed by atoms with van der Waals surface area (Å²) in [7, 11) is -2.01. The Morgan fingerprint density at radius 1 is 1.06 bits per heavy atom. The van der Waals surface area contributed by atoms with Gasteiger partial charge < -0.3 is 9.29 Å². The zero-order chi connectivity index (χ0) is 24.5. The largest absolute Gasteiger partial charge is 0.593 e. The number of nitrogens with one attached hydrogen (secondary N) is 1. The van der Waals surface area contributed by atoms with Gasteiger partial charge in [-0.25, -0.2) is 4.79 Å². The number of rotatable bonds is 5. The first-order valence-electron chi connectivity index (χ1n) is 12.3. The Hall–Kier alpha value is -2.75. The van der Waals surface area contributed by atoms with E-state index in [1.54, 1.807) is 42.3 Å². The first-order chi connectivity index (χ1) is 16.9. The lowest BCUT2D eigenvalue weighted by Gasteiger charge is -2.43. The van der Waals surface area contributed by atoms with E-state index in [4.69, 9.17) is 9.73 Å². The average Bonchev–Trinajstić information content (AvgIpc) is 3.15. The van der Waals surface area contributed by atoms with Crippen molar-refractivity contribution in [3.63, 3.8) is 0 Å². The molecule has 2 saturated heterocycles. The van der Waals surface area contributed by atoms with E-state index in [0.29, 0.717) is 37.5 Å². The highest BCUT2D eigenvalue weighted by Crippen LogP contribution is 2.41. The molecule has 8 nitrogen and oxygen atoms in total. The summed E-state index contributed by atoms with van der Waals surface area (Å²) in [4.78, 5) is 20.5. The highest BCUT2D eigenvalue weighted by molar-refractivity contribution is 7.95. The van der Waals surface area contributed by atoms with Gasteiger partial charge in [0, 0.05) is 19.2 Å². The number of hydrogen-bond acceptors (Lipinski definition) is 5. The minimum absolute atomic E-state index is 0.187. The van der Waals surface area contributed by atoms with Gasteiger partial charge in [0.25, 0.3) is 0 Å². The molecule has 186 valence electrons. The fraction of sp³-hybridized carbons (Fsp3) is 0.462. The third-order valence-corrected chi connectivity index (χ3v) is 9.34. The Morgan fingerprint density at radius 2 is 1.77 bits per heavy atom. The van der Waals surface area contributed by atoms with E-state index in [-0.39, 0.29) is 17.0 Å². The number of anilines is 1. The fourth-order valence-electron chi connectivity index (χ4n) is 5.53. The second kappa shape index (κ2) is 9.72. The van der Waals surface area contributed by atoms with Crippen molar-refractivity contribution in [3.8, 4) is 5.75 Å². The van der Waals surface area contributed by atoms with Crippen LogP contribution in [-0.4, -0.2) is 52.5 Å². The number of carbonyl (C=O) groups is 1. The highest BCUT2D eigenvalue weighted by Gasteiger charge is 2.55. The number of aliphatic imine (C=N–C) groups is 1. The van der Waals surface area contributed by atoms with Gasteiger partial charge in [0.15, 0.2) is 15.3 Å². The van der Waals surface area contributed by atoms with Gasteiger partial charge in [-0.05, 0) is 49.9 Å². The zero-order valence-electron chi connectivity index (χ0n) is 20.0. The second-order valence-corrected chi connectivity index (χ2v) is 11.4. The van der Waals surface area contributed by atoms with Crippen LogP contribution in [0.1, 0.15) is 44.9 Å². The van der Waals surface area contributed by atoms with Crippen LogP contribution in [0.15, 0.2) is 64.5 Å². The van der Waals surface area contributed by atoms with Gasteiger partial charge in [-0.15, -0.1) is 4.31 Å². The molecular weight excluding hydrogens is 464 g/mol. The molecule has 5 rings (SSSR count). The van der Waals surface area contributed by atoms with Crippen LogP contribution < -0.4 is 15.0 Å². The third kappa shape index (κ3) is 4.48. The van der Waals surface area contributed by atoms with E-state index in [1.165, 1.54) is 10.7 Å². The normalized spacial score (nSPS) is 23.9. The van der Waals surface area contributed by atoms with Crippen molar-refractivity contribution in [3.05, 3.63) is 54.6 Å². The topological polar surface area (TPSA) is 97.3 Å². The predicted molar refractivity (Wildman–Crippen MR) is 135 cm³/mol. The molecule has 2 heterocycles. The van der Waals surface area contributed by atoms with E-state index in [9.17, 15) is 13.6 Å². The van der Waals surface area contributed by atoms with Crippen molar-refractivity contribution in [2.75, 3.05) is 25.1 Å². The number of nitrogens with zero attached hydrogens (tertiary/aromatic N) is 3. The lowest BCUT2D eigenvalue weighted by Crippen LogP contribution is -2.58. The van der Waals surface area contributed by atoms with E-state index in [0.717, 1.165) is 31.4 Å². The molecule has 1 spiro atoms. The number of amides is 2. The average molecular weight is 497 g/mol. The maximum absolute atomic E-state index is 13.4. The summed E-state index contributed by atoms with van der Waals surface area (Å²) in [6, 6.07) is 15.9. The molecule has 2 aromatic carbocycles. The number of sulfonamides is 1. The molecule has 2 aliphatic heterocycles. The van der Waals surface area contributed by atoms with E-state index in [2.05, 4.69) is 5.32 Å². The molecule has 0 radical (unpaired) electrons. The maximum Gasteiger partial charge on any atom is 0.328 e. The molecule has 2 amide bonds. The number of amidine groups is 1. The van der Waals surface area contributed by atoms with Gasteiger partial charge >= 0.3 is 6.03 Å². The molecule has 1 atom stereocenters. The summed E-state index contributed by atoms with van der Waals surface area (Å²) in [6.45, 7) is 0.604. The van der Waals surface area contributed by atoms with Crippen LogP contribution in [-0.2, 0) is 14.6 Å². The first-order valence-corrected chi connectivity index (χ1v) is 13.8. The SMILES string of the molecule is COc1cccc(N2C(=O)NC(=NC3CCCCC3)C23CCN([S+](=O)([O-])c2ccccc2)CC3)c1. The summed E-state index contributed by atoms with van der Waals surface area (Å²) in [5.74, 6) is 1.33. The molecule has 1 saturated carbocycles. The van der Waals surface area contributed by atoms with Crippen LogP contribution in [0, 0.1) is 0 Å². The van der Waals surface area contributed by atoms with Gasteiger partial charge in [0.2, 0.25) is 0 Å². The fourth-order valence-corrected chi connectivity index (χ4v) is 6.99. The van der Waals surface area contributed by atoms with Crippen molar-refractivity contribution < 1.29 is 18.3 Å². The van der Waals surface area contributed by atoms with E-state index in [1.807, 2.05) is 24.3 Å².